The second-order valence-corrected chi connectivity index (χ2v) is 5.68. The maximum absolute atomic E-state index is 6.29. The van der Waals surface area contributed by atoms with E-state index in [-0.39, 0.29) is 12.0 Å². The second-order valence-electron chi connectivity index (χ2n) is 5.68. The van der Waals surface area contributed by atoms with Gasteiger partial charge in [0.05, 0.1) is 18.6 Å². The highest BCUT2D eigenvalue weighted by atomic mass is 16.5. The molecule has 118 valence electrons. The zero-order chi connectivity index (χ0) is 15.5. The van der Waals surface area contributed by atoms with Crippen molar-refractivity contribution in [2.24, 2.45) is 12.8 Å². The van der Waals surface area contributed by atoms with Gasteiger partial charge in [-0.05, 0) is 6.42 Å². The van der Waals surface area contributed by atoms with Gasteiger partial charge in [-0.1, -0.05) is 6.92 Å². The molecule has 2 atom stereocenters. The Hall–Kier alpha value is -2.15. The van der Waals surface area contributed by atoms with Gasteiger partial charge in [-0.15, -0.1) is 0 Å². The molecule has 1 fully saturated rings. The Morgan fingerprint density at radius 2 is 2.23 bits per heavy atom. The molecule has 0 saturated carbocycles. The Kier molecular flexibility index (Phi) is 4.24. The summed E-state index contributed by atoms with van der Waals surface area (Å²) in [5.41, 5.74) is 7.31. The molecule has 2 aromatic rings. The van der Waals surface area contributed by atoms with E-state index < -0.39 is 0 Å². The topological polar surface area (TPSA) is 82.1 Å². The highest BCUT2D eigenvalue weighted by Crippen LogP contribution is 2.28. The third-order valence-electron chi connectivity index (χ3n) is 3.82. The summed E-state index contributed by atoms with van der Waals surface area (Å²) in [6.45, 7) is 4.22. The van der Waals surface area contributed by atoms with Gasteiger partial charge in [0.15, 0.2) is 0 Å². The zero-order valence-electron chi connectivity index (χ0n) is 13.0. The Morgan fingerprint density at radius 1 is 1.36 bits per heavy atom. The van der Waals surface area contributed by atoms with Crippen LogP contribution in [0, 0.1) is 0 Å². The normalized spacial score (nSPS) is 21.3. The van der Waals surface area contributed by atoms with Gasteiger partial charge in [0.2, 0.25) is 11.8 Å². The SMILES string of the molecule is CCCOc1ccnc(N2C[C@@H](N)[C@H](c3cn(C)cn3)C2)n1. The number of hydrogen-bond acceptors (Lipinski definition) is 6. The molecule has 7 nitrogen and oxygen atoms in total. The molecule has 0 aliphatic carbocycles. The number of imidazole rings is 1. The van der Waals surface area contributed by atoms with Crippen molar-refractivity contribution in [3.05, 3.63) is 30.5 Å². The maximum Gasteiger partial charge on any atom is 0.228 e. The van der Waals surface area contributed by atoms with Crippen molar-refractivity contribution in [1.29, 1.82) is 0 Å². The Balaban J connectivity index is 1.73. The molecule has 1 saturated heterocycles. The molecule has 0 aromatic carbocycles. The first-order chi connectivity index (χ1) is 10.7. The molecule has 0 bridgehead atoms. The van der Waals surface area contributed by atoms with Crippen LogP contribution in [-0.4, -0.2) is 45.3 Å². The van der Waals surface area contributed by atoms with Crippen molar-refractivity contribution >= 4 is 5.95 Å². The fourth-order valence-corrected chi connectivity index (χ4v) is 2.70. The van der Waals surface area contributed by atoms with E-state index in [0.717, 1.165) is 25.2 Å². The lowest BCUT2D eigenvalue weighted by Crippen LogP contribution is -2.29. The van der Waals surface area contributed by atoms with E-state index in [2.05, 4.69) is 26.8 Å². The number of ether oxygens (including phenoxy) is 1. The van der Waals surface area contributed by atoms with Crippen LogP contribution < -0.4 is 15.4 Å². The number of aromatic nitrogens is 4. The van der Waals surface area contributed by atoms with Crippen LogP contribution in [0.1, 0.15) is 25.0 Å². The number of nitrogens with zero attached hydrogens (tertiary/aromatic N) is 5. The largest absolute Gasteiger partial charge is 0.478 e. The molecule has 3 rings (SSSR count). The Labute approximate surface area is 130 Å². The predicted octanol–water partition coefficient (Wildman–Crippen LogP) is 0.930. The molecule has 0 radical (unpaired) electrons. The zero-order valence-corrected chi connectivity index (χ0v) is 13.0. The quantitative estimate of drug-likeness (QED) is 0.885. The molecule has 1 aliphatic heterocycles. The molecule has 3 heterocycles. The van der Waals surface area contributed by atoms with Gasteiger partial charge >= 0.3 is 0 Å². The lowest BCUT2D eigenvalue weighted by Gasteiger charge is -2.16. The van der Waals surface area contributed by atoms with E-state index in [4.69, 9.17) is 10.5 Å². The average molecular weight is 302 g/mol. The van der Waals surface area contributed by atoms with Crippen molar-refractivity contribution in [1.82, 2.24) is 19.5 Å². The van der Waals surface area contributed by atoms with Crippen LogP contribution in [0.3, 0.4) is 0 Å². The molecule has 7 heteroatoms. The van der Waals surface area contributed by atoms with Crippen LogP contribution in [0.25, 0.3) is 0 Å². The minimum atomic E-state index is 0.0266. The summed E-state index contributed by atoms with van der Waals surface area (Å²) in [6, 6.07) is 1.81. The van der Waals surface area contributed by atoms with E-state index in [0.29, 0.717) is 18.4 Å². The number of hydrogen-bond donors (Lipinski definition) is 1. The molecular weight excluding hydrogens is 280 g/mol. The lowest BCUT2D eigenvalue weighted by atomic mass is 10.0. The van der Waals surface area contributed by atoms with Crippen molar-refractivity contribution in [2.45, 2.75) is 25.3 Å². The Morgan fingerprint density at radius 3 is 2.95 bits per heavy atom. The number of rotatable bonds is 5. The van der Waals surface area contributed by atoms with Crippen molar-refractivity contribution < 1.29 is 4.74 Å². The number of aryl methyl sites for hydroxylation is 1. The van der Waals surface area contributed by atoms with E-state index >= 15 is 0 Å². The summed E-state index contributed by atoms with van der Waals surface area (Å²) < 4.78 is 7.52. The smallest absolute Gasteiger partial charge is 0.228 e. The lowest BCUT2D eigenvalue weighted by molar-refractivity contribution is 0.305. The van der Waals surface area contributed by atoms with Crippen molar-refractivity contribution in [2.75, 3.05) is 24.6 Å². The first kappa shape index (κ1) is 14.8. The standard InChI is InChI=1S/C15H22N6O/c1-3-6-22-14-4-5-17-15(19-14)21-7-11(12(16)8-21)13-9-20(2)10-18-13/h4-5,9-12H,3,6-8,16H2,1-2H3/t11-,12-/m1/s1. The summed E-state index contributed by atoms with van der Waals surface area (Å²) in [5, 5.41) is 0. The minimum Gasteiger partial charge on any atom is -0.478 e. The van der Waals surface area contributed by atoms with Crippen LogP contribution in [0.15, 0.2) is 24.8 Å². The van der Waals surface area contributed by atoms with Crippen LogP contribution in [0.2, 0.25) is 0 Å². The van der Waals surface area contributed by atoms with Gasteiger partial charge in [0, 0.05) is 50.6 Å². The predicted molar refractivity (Wildman–Crippen MR) is 84.0 cm³/mol. The van der Waals surface area contributed by atoms with E-state index in [9.17, 15) is 0 Å². The van der Waals surface area contributed by atoms with Crippen LogP contribution >= 0.6 is 0 Å². The van der Waals surface area contributed by atoms with Crippen LogP contribution in [0.5, 0.6) is 5.88 Å². The van der Waals surface area contributed by atoms with Gasteiger partial charge < -0.3 is 19.9 Å². The van der Waals surface area contributed by atoms with Gasteiger partial charge in [0.25, 0.3) is 0 Å². The number of anilines is 1. The minimum absolute atomic E-state index is 0.0266. The van der Waals surface area contributed by atoms with E-state index in [1.165, 1.54) is 0 Å². The van der Waals surface area contributed by atoms with Gasteiger partial charge in [-0.25, -0.2) is 9.97 Å². The highest BCUT2D eigenvalue weighted by Gasteiger charge is 2.34. The molecule has 2 N–H and O–H groups in total. The molecule has 0 unspecified atom stereocenters. The molecule has 22 heavy (non-hydrogen) atoms. The van der Waals surface area contributed by atoms with Crippen molar-refractivity contribution in [3.63, 3.8) is 0 Å². The van der Waals surface area contributed by atoms with Gasteiger partial charge in [0.1, 0.15) is 0 Å². The maximum atomic E-state index is 6.29. The fraction of sp³-hybridized carbons (Fsp3) is 0.533. The van der Waals surface area contributed by atoms with Crippen LogP contribution in [0.4, 0.5) is 5.95 Å². The third kappa shape index (κ3) is 3.04. The summed E-state index contributed by atoms with van der Waals surface area (Å²) in [4.78, 5) is 15.3. The molecule has 1 aliphatic rings. The second kappa shape index (κ2) is 6.31. The number of nitrogens with two attached hydrogens (primary N) is 1. The third-order valence-corrected chi connectivity index (χ3v) is 3.82. The molecular formula is C15H22N6O. The summed E-state index contributed by atoms with van der Waals surface area (Å²) in [7, 11) is 1.96. The van der Waals surface area contributed by atoms with E-state index in [1.807, 2.05) is 17.8 Å². The average Bonchev–Trinajstić information content (AvgIpc) is 3.11. The highest BCUT2D eigenvalue weighted by molar-refractivity contribution is 5.37. The van der Waals surface area contributed by atoms with Crippen LogP contribution in [-0.2, 0) is 7.05 Å². The summed E-state index contributed by atoms with van der Waals surface area (Å²) >= 11 is 0. The molecule has 2 aromatic heterocycles. The first-order valence-electron chi connectivity index (χ1n) is 7.61. The van der Waals surface area contributed by atoms with Gasteiger partial charge in [-0.3, -0.25) is 0 Å². The summed E-state index contributed by atoms with van der Waals surface area (Å²) in [6.07, 6.45) is 6.51. The first-order valence-corrected chi connectivity index (χ1v) is 7.61. The molecule has 0 spiro atoms. The van der Waals surface area contributed by atoms with Gasteiger partial charge in [-0.2, -0.15) is 4.98 Å². The molecule has 0 amide bonds. The monoisotopic (exact) mass is 302 g/mol. The van der Waals surface area contributed by atoms with Crippen molar-refractivity contribution in [3.8, 4) is 5.88 Å². The van der Waals surface area contributed by atoms with E-state index in [1.54, 1.807) is 18.6 Å². The Bertz CT molecular complexity index is 628. The fourth-order valence-electron chi connectivity index (χ4n) is 2.70. The summed E-state index contributed by atoms with van der Waals surface area (Å²) in [5.74, 6) is 1.48.